The van der Waals surface area contributed by atoms with Crippen molar-refractivity contribution < 1.29 is 0 Å². The first-order valence-corrected chi connectivity index (χ1v) is 7.12. The second kappa shape index (κ2) is 6.57. The lowest BCUT2D eigenvalue weighted by atomic mass is 10.1. The zero-order chi connectivity index (χ0) is 13.7. The Labute approximate surface area is 115 Å². The minimum atomic E-state index is 0.621. The van der Waals surface area contributed by atoms with Crippen molar-refractivity contribution in [1.29, 1.82) is 5.41 Å². The molecule has 3 N–H and O–H groups in total. The lowest BCUT2D eigenvalue weighted by molar-refractivity contribution is 0.180. The molecule has 19 heavy (non-hydrogen) atoms. The Morgan fingerprint density at radius 1 is 1.16 bits per heavy atom. The van der Waals surface area contributed by atoms with Crippen LogP contribution in [0.4, 0.5) is 5.69 Å². The Bertz CT molecular complexity index is 405. The zero-order valence-electron chi connectivity index (χ0n) is 11.7. The summed E-state index contributed by atoms with van der Waals surface area (Å²) in [6, 6.07) is 7.59. The number of hydrogen-bond donors (Lipinski definition) is 2. The third-order valence-electron chi connectivity index (χ3n) is 3.70. The summed E-state index contributed by atoms with van der Waals surface area (Å²) in [5.74, 6) is 0.621. The third kappa shape index (κ3) is 3.70. The molecular formula is C15H24N4. The molecule has 4 nitrogen and oxygen atoms in total. The number of piperazine rings is 1. The van der Waals surface area contributed by atoms with Gasteiger partial charge >= 0.3 is 0 Å². The molecule has 4 heteroatoms. The standard InChI is InChI=1S/C15H24N4/c1-2-3-8-18-9-11-19(12-10-18)15(17)13-4-6-14(16)7-5-13/h4-7,17H,2-3,8-12,16H2,1H3. The monoisotopic (exact) mass is 260 g/mol. The molecule has 104 valence electrons. The second-order valence-electron chi connectivity index (χ2n) is 5.15. The molecule has 0 spiro atoms. The lowest BCUT2D eigenvalue weighted by Gasteiger charge is -2.36. The minimum absolute atomic E-state index is 0.621. The molecular weight excluding hydrogens is 236 g/mol. The van der Waals surface area contributed by atoms with E-state index in [9.17, 15) is 0 Å². The van der Waals surface area contributed by atoms with Crippen LogP contribution in [0.1, 0.15) is 25.3 Å². The van der Waals surface area contributed by atoms with E-state index in [2.05, 4.69) is 16.7 Å². The second-order valence-corrected chi connectivity index (χ2v) is 5.15. The molecule has 0 saturated carbocycles. The summed E-state index contributed by atoms with van der Waals surface area (Å²) in [5.41, 5.74) is 7.38. The Balaban J connectivity index is 1.87. The van der Waals surface area contributed by atoms with E-state index in [0.29, 0.717) is 5.84 Å². The van der Waals surface area contributed by atoms with Crippen molar-refractivity contribution in [3.05, 3.63) is 29.8 Å². The fourth-order valence-corrected chi connectivity index (χ4v) is 2.40. The van der Waals surface area contributed by atoms with Gasteiger partial charge in [0.05, 0.1) is 0 Å². The highest BCUT2D eigenvalue weighted by molar-refractivity contribution is 5.96. The van der Waals surface area contributed by atoms with Crippen LogP contribution in [0, 0.1) is 5.41 Å². The number of amidine groups is 1. The highest BCUT2D eigenvalue weighted by Crippen LogP contribution is 2.11. The predicted molar refractivity (Wildman–Crippen MR) is 80.6 cm³/mol. The van der Waals surface area contributed by atoms with E-state index in [4.69, 9.17) is 11.1 Å². The normalized spacial score (nSPS) is 16.6. The van der Waals surface area contributed by atoms with Crippen LogP contribution in [0.5, 0.6) is 0 Å². The van der Waals surface area contributed by atoms with Gasteiger partial charge in [-0.25, -0.2) is 0 Å². The molecule has 1 saturated heterocycles. The van der Waals surface area contributed by atoms with Gasteiger partial charge in [0.2, 0.25) is 0 Å². The molecule has 1 heterocycles. The number of anilines is 1. The van der Waals surface area contributed by atoms with Gasteiger partial charge in [-0.1, -0.05) is 13.3 Å². The van der Waals surface area contributed by atoms with Crippen LogP contribution >= 0.6 is 0 Å². The maximum absolute atomic E-state index is 8.27. The SMILES string of the molecule is CCCCN1CCN(C(=N)c2ccc(N)cc2)CC1. The third-order valence-corrected chi connectivity index (χ3v) is 3.70. The molecule has 1 aliphatic rings. The van der Waals surface area contributed by atoms with Crippen molar-refractivity contribution in [1.82, 2.24) is 9.80 Å². The van der Waals surface area contributed by atoms with E-state index in [1.807, 2.05) is 24.3 Å². The lowest BCUT2D eigenvalue weighted by Crippen LogP contribution is -2.48. The van der Waals surface area contributed by atoms with Gasteiger partial charge in [0.1, 0.15) is 5.84 Å². The van der Waals surface area contributed by atoms with Gasteiger partial charge in [0, 0.05) is 37.4 Å². The maximum atomic E-state index is 8.27. The van der Waals surface area contributed by atoms with E-state index in [-0.39, 0.29) is 0 Å². The molecule has 1 aromatic carbocycles. The fourth-order valence-electron chi connectivity index (χ4n) is 2.40. The van der Waals surface area contributed by atoms with Gasteiger partial charge in [-0.05, 0) is 37.2 Å². The quantitative estimate of drug-likeness (QED) is 0.494. The highest BCUT2D eigenvalue weighted by Gasteiger charge is 2.19. The molecule has 1 aromatic rings. The van der Waals surface area contributed by atoms with Gasteiger partial charge < -0.3 is 10.6 Å². The van der Waals surface area contributed by atoms with Crippen LogP contribution in [0.2, 0.25) is 0 Å². The highest BCUT2D eigenvalue weighted by atomic mass is 15.3. The smallest absolute Gasteiger partial charge is 0.128 e. The number of rotatable bonds is 4. The zero-order valence-corrected chi connectivity index (χ0v) is 11.7. The number of nitrogens with one attached hydrogen (secondary N) is 1. The van der Waals surface area contributed by atoms with Crippen molar-refractivity contribution in [2.45, 2.75) is 19.8 Å². The Kier molecular flexibility index (Phi) is 4.80. The molecule has 0 aromatic heterocycles. The van der Waals surface area contributed by atoms with Crippen LogP contribution in [-0.4, -0.2) is 48.4 Å². The van der Waals surface area contributed by atoms with Crippen LogP contribution in [-0.2, 0) is 0 Å². The first kappa shape index (κ1) is 13.9. The van der Waals surface area contributed by atoms with Gasteiger partial charge in [-0.2, -0.15) is 0 Å². The summed E-state index contributed by atoms with van der Waals surface area (Å²) in [6.07, 6.45) is 2.52. The average molecular weight is 260 g/mol. The maximum Gasteiger partial charge on any atom is 0.128 e. The van der Waals surface area contributed by atoms with E-state index in [0.717, 1.165) is 37.4 Å². The topological polar surface area (TPSA) is 56.4 Å². The predicted octanol–water partition coefficient (Wildman–Crippen LogP) is 2.01. The molecule has 0 unspecified atom stereocenters. The van der Waals surface area contributed by atoms with Gasteiger partial charge in [-0.15, -0.1) is 0 Å². The van der Waals surface area contributed by atoms with E-state index in [1.54, 1.807) is 0 Å². The first-order chi connectivity index (χ1) is 9.20. The van der Waals surface area contributed by atoms with Crippen LogP contribution in [0.3, 0.4) is 0 Å². The van der Waals surface area contributed by atoms with Crippen LogP contribution in [0.15, 0.2) is 24.3 Å². The molecule has 2 rings (SSSR count). The Hall–Kier alpha value is -1.55. The summed E-state index contributed by atoms with van der Waals surface area (Å²) in [4.78, 5) is 4.66. The molecule has 1 fully saturated rings. The molecule has 0 bridgehead atoms. The number of unbranched alkanes of at least 4 members (excludes halogenated alkanes) is 1. The molecule has 0 amide bonds. The van der Waals surface area contributed by atoms with E-state index >= 15 is 0 Å². The number of hydrogen-bond acceptors (Lipinski definition) is 3. The van der Waals surface area contributed by atoms with Crippen molar-refractivity contribution in [3.8, 4) is 0 Å². The van der Waals surface area contributed by atoms with Crippen molar-refractivity contribution in [2.24, 2.45) is 0 Å². The van der Waals surface area contributed by atoms with Crippen molar-refractivity contribution in [3.63, 3.8) is 0 Å². The first-order valence-electron chi connectivity index (χ1n) is 7.12. The number of nitrogen functional groups attached to an aromatic ring is 1. The summed E-state index contributed by atoms with van der Waals surface area (Å²) >= 11 is 0. The molecule has 0 radical (unpaired) electrons. The van der Waals surface area contributed by atoms with Gasteiger partial charge in [0.25, 0.3) is 0 Å². The summed E-state index contributed by atoms with van der Waals surface area (Å²) < 4.78 is 0. The summed E-state index contributed by atoms with van der Waals surface area (Å²) in [7, 11) is 0. The van der Waals surface area contributed by atoms with Crippen LogP contribution in [0.25, 0.3) is 0 Å². The average Bonchev–Trinajstić information content (AvgIpc) is 2.46. The molecule has 0 atom stereocenters. The summed E-state index contributed by atoms with van der Waals surface area (Å²) in [5, 5.41) is 8.27. The molecule has 1 aliphatic heterocycles. The van der Waals surface area contributed by atoms with E-state index < -0.39 is 0 Å². The Morgan fingerprint density at radius 2 is 1.79 bits per heavy atom. The Morgan fingerprint density at radius 3 is 2.37 bits per heavy atom. The summed E-state index contributed by atoms with van der Waals surface area (Å²) in [6.45, 7) is 7.46. The number of nitrogens with two attached hydrogens (primary N) is 1. The van der Waals surface area contributed by atoms with Crippen molar-refractivity contribution in [2.75, 3.05) is 38.5 Å². The van der Waals surface area contributed by atoms with Gasteiger partial charge in [-0.3, -0.25) is 10.3 Å². The minimum Gasteiger partial charge on any atom is -0.399 e. The number of benzene rings is 1. The van der Waals surface area contributed by atoms with Crippen LogP contribution < -0.4 is 5.73 Å². The van der Waals surface area contributed by atoms with Crippen molar-refractivity contribution >= 4 is 11.5 Å². The molecule has 0 aliphatic carbocycles. The fraction of sp³-hybridized carbons (Fsp3) is 0.533. The largest absolute Gasteiger partial charge is 0.399 e. The van der Waals surface area contributed by atoms with E-state index in [1.165, 1.54) is 19.4 Å². The van der Waals surface area contributed by atoms with Gasteiger partial charge in [0.15, 0.2) is 0 Å². The number of nitrogens with zero attached hydrogens (tertiary/aromatic N) is 2.